The molecule has 0 fully saturated rings. The molecule has 0 aliphatic heterocycles. The third-order valence-electron chi connectivity index (χ3n) is 2.62. The Morgan fingerprint density at radius 3 is 2.78 bits per heavy atom. The van der Waals surface area contributed by atoms with Gasteiger partial charge in [0.25, 0.3) is 5.69 Å². The summed E-state index contributed by atoms with van der Waals surface area (Å²) < 4.78 is 0. The highest BCUT2D eigenvalue weighted by atomic mass is 16.6. The van der Waals surface area contributed by atoms with Gasteiger partial charge in [-0.3, -0.25) is 10.1 Å². The van der Waals surface area contributed by atoms with Crippen LogP contribution in [0.15, 0.2) is 24.8 Å². The summed E-state index contributed by atoms with van der Waals surface area (Å²) in [5.41, 5.74) is 0.793. The van der Waals surface area contributed by atoms with Crippen LogP contribution in [0.3, 0.4) is 0 Å². The van der Waals surface area contributed by atoms with E-state index in [1.54, 1.807) is 12.1 Å². The summed E-state index contributed by atoms with van der Waals surface area (Å²) in [6.07, 6.45) is 3.17. The molecule has 0 aliphatic carbocycles. The number of nitro benzene ring substituents is 1. The van der Waals surface area contributed by atoms with E-state index in [-0.39, 0.29) is 11.4 Å². The number of anilines is 1. The molecule has 18 heavy (non-hydrogen) atoms. The zero-order valence-corrected chi connectivity index (χ0v) is 10.5. The minimum atomic E-state index is -0.464. The Hall–Kier alpha value is -2.04. The Bertz CT molecular complexity index is 444. The van der Waals surface area contributed by atoms with Crippen molar-refractivity contribution < 1.29 is 10.0 Å². The molecule has 0 heterocycles. The van der Waals surface area contributed by atoms with Crippen LogP contribution in [-0.4, -0.2) is 16.6 Å². The van der Waals surface area contributed by atoms with E-state index in [0.717, 1.165) is 19.3 Å². The van der Waals surface area contributed by atoms with Gasteiger partial charge in [-0.15, -0.1) is 0 Å². The maximum atomic E-state index is 10.9. The van der Waals surface area contributed by atoms with Gasteiger partial charge in [0.1, 0.15) is 11.4 Å². The number of nitrogens with one attached hydrogen (secondary N) is 1. The highest BCUT2D eigenvalue weighted by molar-refractivity contribution is 5.69. The van der Waals surface area contributed by atoms with Gasteiger partial charge in [0.2, 0.25) is 0 Å². The first-order chi connectivity index (χ1) is 8.56. The highest BCUT2D eigenvalue weighted by Crippen LogP contribution is 2.27. The molecule has 1 aromatic carbocycles. The van der Waals surface area contributed by atoms with E-state index in [4.69, 9.17) is 0 Å². The lowest BCUT2D eigenvalue weighted by Gasteiger charge is -2.08. The van der Waals surface area contributed by atoms with E-state index >= 15 is 0 Å². The lowest BCUT2D eigenvalue weighted by atomic mass is 10.1. The number of rotatable bonds is 7. The van der Waals surface area contributed by atoms with Gasteiger partial charge in [-0.25, -0.2) is 0 Å². The Morgan fingerprint density at radius 2 is 2.22 bits per heavy atom. The van der Waals surface area contributed by atoms with E-state index in [0.29, 0.717) is 17.8 Å². The van der Waals surface area contributed by atoms with Crippen molar-refractivity contribution in [3.63, 3.8) is 0 Å². The monoisotopic (exact) mass is 250 g/mol. The maximum absolute atomic E-state index is 10.9. The van der Waals surface area contributed by atoms with Gasteiger partial charge < -0.3 is 10.4 Å². The van der Waals surface area contributed by atoms with E-state index < -0.39 is 4.92 Å². The average molecular weight is 250 g/mol. The second kappa shape index (κ2) is 6.64. The molecule has 0 spiro atoms. The fourth-order valence-corrected chi connectivity index (χ4v) is 1.61. The number of hydrogen-bond acceptors (Lipinski definition) is 4. The summed E-state index contributed by atoms with van der Waals surface area (Å²) in [5, 5.41) is 23.2. The summed E-state index contributed by atoms with van der Waals surface area (Å²) in [6, 6.07) is 4.53. The standard InChI is InChI=1S/C13H18N2O3/c1-3-4-5-8-14-12-7-6-11(10(2)16)9-13(12)15(17)18/h6-7,9,14,16H,2-5,8H2,1H3. The Labute approximate surface area is 106 Å². The van der Waals surface area contributed by atoms with Crippen molar-refractivity contribution in [2.24, 2.45) is 0 Å². The van der Waals surface area contributed by atoms with Crippen molar-refractivity contribution in [1.82, 2.24) is 0 Å². The smallest absolute Gasteiger partial charge is 0.293 e. The molecule has 0 radical (unpaired) electrons. The number of aliphatic hydroxyl groups is 1. The largest absolute Gasteiger partial charge is 0.508 e. The summed E-state index contributed by atoms with van der Waals surface area (Å²) in [5.74, 6) is -0.171. The molecule has 0 unspecified atom stereocenters. The minimum Gasteiger partial charge on any atom is -0.508 e. The Morgan fingerprint density at radius 1 is 1.50 bits per heavy atom. The van der Waals surface area contributed by atoms with Crippen LogP contribution in [0.1, 0.15) is 31.7 Å². The molecule has 1 rings (SSSR count). The lowest BCUT2D eigenvalue weighted by molar-refractivity contribution is -0.384. The van der Waals surface area contributed by atoms with Crippen molar-refractivity contribution in [3.05, 3.63) is 40.5 Å². The predicted octanol–water partition coefficient (Wildman–Crippen LogP) is 3.73. The number of unbranched alkanes of at least 4 members (excludes halogenated alkanes) is 2. The van der Waals surface area contributed by atoms with Gasteiger partial charge in [-0.2, -0.15) is 0 Å². The quantitative estimate of drug-likeness (QED) is 0.334. The molecule has 1 aromatic rings. The molecule has 0 amide bonds. The predicted molar refractivity (Wildman–Crippen MR) is 72.8 cm³/mol. The van der Waals surface area contributed by atoms with Crippen molar-refractivity contribution in [1.29, 1.82) is 0 Å². The number of hydrogen-bond donors (Lipinski definition) is 2. The van der Waals surface area contributed by atoms with E-state index in [9.17, 15) is 15.2 Å². The first kappa shape index (κ1) is 14.0. The molecule has 0 saturated heterocycles. The number of nitrogens with zero attached hydrogens (tertiary/aromatic N) is 1. The minimum absolute atomic E-state index is 0.0424. The van der Waals surface area contributed by atoms with Crippen LogP contribution in [0.4, 0.5) is 11.4 Å². The molecule has 0 aliphatic rings. The zero-order chi connectivity index (χ0) is 13.5. The number of benzene rings is 1. The third-order valence-corrected chi connectivity index (χ3v) is 2.62. The third kappa shape index (κ3) is 3.76. The SMILES string of the molecule is C=C(O)c1ccc(NCCCCC)c([N+](=O)[O-])c1. The van der Waals surface area contributed by atoms with E-state index in [1.165, 1.54) is 6.07 Å². The molecular formula is C13H18N2O3. The first-order valence-corrected chi connectivity index (χ1v) is 5.96. The van der Waals surface area contributed by atoms with Crippen molar-refractivity contribution in [2.75, 3.05) is 11.9 Å². The van der Waals surface area contributed by atoms with Crippen molar-refractivity contribution in [2.45, 2.75) is 26.2 Å². The van der Waals surface area contributed by atoms with Crippen LogP contribution in [-0.2, 0) is 0 Å². The molecule has 98 valence electrons. The molecule has 5 nitrogen and oxygen atoms in total. The highest BCUT2D eigenvalue weighted by Gasteiger charge is 2.14. The number of nitro groups is 1. The van der Waals surface area contributed by atoms with E-state index in [1.807, 2.05) is 0 Å². The summed E-state index contributed by atoms with van der Waals surface area (Å²) in [6.45, 7) is 6.16. The van der Waals surface area contributed by atoms with Gasteiger partial charge in [-0.1, -0.05) is 26.3 Å². The van der Waals surface area contributed by atoms with Crippen molar-refractivity contribution >= 4 is 17.1 Å². The number of aliphatic hydroxyl groups excluding tert-OH is 1. The van der Waals surface area contributed by atoms with Crippen LogP contribution >= 0.6 is 0 Å². The van der Waals surface area contributed by atoms with Gasteiger partial charge in [0.05, 0.1) is 4.92 Å². The molecule has 0 atom stereocenters. The van der Waals surface area contributed by atoms with Gasteiger partial charge in [-0.05, 0) is 18.6 Å². The summed E-state index contributed by atoms with van der Waals surface area (Å²) >= 11 is 0. The topological polar surface area (TPSA) is 75.4 Å². The molecule has 0 saturated carbocycles. The molecule has 5 heteroatoms. The van der Waals surface area contributed by atoms with Gasteiger partial charge >= 0.3 is 0 Å². The maximum Gasteiger partial charge on any atom is 0.293 e. The fourth-order valence-electron chi connectivity index (χ4n) is 1.61. The van der Waals surface area contributed by atoms with Crippen LogP contribution in [0.2, 0.25) is 0 Å². The van der Waals surface area contributed by atoms with Crippen LogP contribution in [0.25, 0.3) is 5.76 Å². The van der Waals surface area contributed by atoms with Crippen LogP contribution < -0.4 is 5.32 Å². The second-order valence-electron chi connectivity index (χ2n) is 4.07. The molecular weight excluding hydrogens is 232 g/mol. The average Bonchev–Trinajstić information content (AvgIpc) is 2.34. The van der Waals surface area contributed by atoms with Crippen molar-refractivity contribution in [3.8, 4) is 0 Å². The molecule has 0 aromatic heterocycles. The van der Waals surface area contributed by atoms with Crippen LogP contribution in [0, 0.1) is 10.1 Å². The Kier molecular flexibility index (Phi) is 5.17. The molecule has 0 bridgehead atoms. The van der Waals surface area contributed by atoms with Crippen LogP contribution in [0.5, 0.6) is 0 Å². The first-order valence-electron chi connectivity index (χ1n) is 5.96. The van der Waals surface area contributed by atoms with E-state index in [2.05, 4.69) is 18.8 Å². The summed E-state index contributed by atoms with van der Waals surface area (Å²) in [7, 11) is 0. The second-order valence-corrected chi connectivity index (χ2v) is 4.07. The normalized spacial score (nSPS) is 10.1. The summed E-state index contributed by atoms with van der Waals surface area (Å²) in [4.78, 5) is 10.5. The molecule has 2 N–H and O–H groups in total. The van der Waals surface area contributed by atoms with Gasteiger partial charge in [0.15, 0.2) is 0 Å². The van der Waals surface area contributed by atoms with Gasteiger partial charge in [0, 0.05) is 18.2 Å². The fraction of sp³-hybridized carbons (Fsp3) is 0.385. The lowest BCUT2D eigenvalue weighted by Crippen LogP contribution is -2.04. The zero-order valence-electron chi connectivity index (χ0n) is 10.5. The Balaban J connectivity index is 2.83.